The number of hydrogen-bond donors (Lipinski definition) is 0. The van der Waals surface area contributed by atoms with Crippen LogP contribution in [0.1, 0.15) is 35.3 Å². The van der Waals surface area contributed by atoms with Gasteiger partial charge in [0.25, 0.3) is 5.69 Å². The van der Waals surface area contributed by atoms with Gasteiger partial charge in [-0.05, 0) is 25.0 Å². The van der Waals surface area contributed by atoms with Gasteiger partial charge in [0.15, 0.2) is 5.78 Å². The Morgan fingerprint density at radius 1 is 1.56 bits per heavy atom. The molecule has 0 saturated carbocycles. The van der Waals surface area contributed by atoms with Crippen LogP contribution in [-0.2, 0) is 6.42 Å². The summed E-state index contributed by atoms with van der Waals surface area (Å²) in [6, 6.07) is 4.50. The van der Waals surface area contributed by atoms with E-state index in [1.807, 2.05) is 6.07 Å². The van der Waals surface area contributed by atoms with E-state index in [1.54, 1.807) is 6.92 Å². The third-order valence-corrected chi connectivity index (χ3v) is 2.30. The number of nitrogens with zero attached hydrogens (tertiary/aromatic N) is 2. The van der Waals surface area contributed by atoms with Crippen LogP contribution in [0.15, 0.2) is 12.1 Å². The first-order chi connectivity index (χ1) is 7.51. The topological polar surface area (TPSA) is 84.0 Å². The fraction of sp³-hybridized carbons (Fsp3) is 0.273. The molecule has 0 saturated heterocycles. The zero-order valence-corrected chi connectivity index (χ0v) is 8.98. The van der Waals surface area contributed by atoms with Gasteiger partial charge in [-0.1, -0.05) is 6.92 Å². The summed E-state index contributed by atoms with van der Waals surface area (Å²) in [4.78, 5) is 21.3. The van der Waals surface area contributed by atoms with E-state index in [1.165, 1.54) is 13.0 Å². The van der Waals surface area contributed by atoms with Crippen molar-refractivity contribution in [2.24, 2.45) is 0 Å². The van der Waals surface area contributed by atoms with Crippen LogP contribution in [0.5, 0.6) is 0 Å². The maximum absolute atomic E-state index is 11.2. The van der Waals surface area contributed by atoms with Crippen molar-refractivity contribution in [3.8, 4) is 6.07 Å². The summed E-state index contributed by atoms with van der Waals surface area (Å²) in [5, 5.41) is 19.6. The number of nitro benzene ring substituents is 1. The third kappa shape index (κ3) is 2.06. The number of carbonyl (C=O) groups is 1. The Labute approximate surface area is 92.5 Å². The van der Waals surface area contributed by atoms with Gasteiger partial charge >= 0.3 is 0 Å². The molecule has 0 aromatic heterocycles. The monoisotopic (exact) mass is 218 g/mol. The second kappa shape index (κ2) is 4.53. The molecule has 0 N–H and O–H groups in total. The van der Waals surface area contributed by atoms with Crippen molar-refractivity contribution in [1.29, 1.82) is 5.26 Å². The highest BCUT2D eigenvalue weighted by Crippen LogP contribution is 2.24. The number of benzene rings is 1. The van der Waals surface area contributed by atoms with E-state index in [4.69, 9.17) is 5.26 Å². The fourth-order valence-corrected chi connectivity index (χ4v) is 1.44. The Balaban J connectivity index is 3.57. The molecule has 0 bridgehead atoms. The fourth-order valence-electron chi connectivity index (χ4n) is 1.44. The standard InChI is InChI=1S/C11H10N2O3/c1-3-8-4-9(7(2)14)5-11(13(15)16)10(8)6-12/h4-5H,3H2,1-2H3. The molecular weight excluding hydrogens is 208 g/mol. The maximum Gasteiger partial charge on any atom is 0.288 e. The van der Waals surface area contributed by atoms with Crippen molar-refractivity contribution < 1.29 is 9.72 Å². The number of aryl methyl sites for hydroxylation is 1. The first-order valence-electron chi connectivity index (χ1n) is 4.73. The average molecular weight is 218 g/mol. The van der Waals surface area contributed by atoms with Gasteiger partial charge in [-0.15, -0.1) is 0 Å². The highest BCUT2D eigenvalue weighted by Gasteiger charge is 2.19. The number of Topliss-reactive ketones (excluding diaryl/α,β-unsaturated/α-hetero) is 1. The molecule has 0 heterocycles. The lowest BCUT2D eigenvalue weighted by Crippen LogP contribution is -2.02. The summed E-state index contributed by atoms with van der Waals surface area (Å²) in [5.74, 6) is -0.248. The van der Waals surface area contributed by atoms with E-state index in [9.17, 15) is 14.9 Å². The van der Waals surface area contributed by atoms with Crippen LogP contribution < -0.4 is 0 Å². The van der Waals surface area contributed by atoms with Crippen molar-refractivity contribution in [3.05, 3.63) is 38.9 Å². The van der Waals surface area contributed by atoms with Gasteiger partial charge in [0.05, 0.1) is 4.92 Å². The molecule has 1 aromatic carbocycles. The third-order valence-electron chi connectivity index (χ3n) is 2.30. The Bertz CT molecular complexity index is 501. The molecule has 0 atom stereocenters. The Morgan fingerprint density at radius 2 is 2.19 bits per heavy atom. The molecule has 0 amide bonds. The van der Waals surface area contributed by atoms with Crippen molar-refractivity contribution in [1.82, 2.24) is 0 Å². The molecule has 1 rings (SSSR count). The molecule has 0 radical (unpaired) electrons. The van der Waals surface area contributed by atoms with Gasteiger partial charge in [0.1, 0.15) is 11.6 Å². The van der Waals surface area contributed by atoms with Crippen LogP contribution in [0.4, 0.5) is 5.69 Å². The number of rotatable bonds is 3. The van der Waals surface area contributed by atoms with Crippen LogP contribution in [0.25, 0.3) is 0 Å². The highest BCUT2D eigenvalue weighted by atomic mass is 16.6. The second-order valence-corrected chi connectivity index (χ2v) is 3.31. The molecule has 5 nitrogen and oxygen atoms in total. The zero-order chi connectivity index (χ0) is 12.3. The molecule has 0 fully saturated rings. The predicted octanol–water partition coefficient (Wildman–Crippen LogP) is 2.23. The van der Waals surface area contributed by atoms with Crippen LogP contribution >= 0.6 is 0 Å². The minimum atomic E-state index is -0.635. The quantitative estimate of drug-likeness (QED) is 0.442. The molecule has 5 heteroatoms. The molecule has 1 aromatic rings. The number of carbonyl (C=O) groups excluding carboxylic acids is 1. The van der Waals surface area contributed by atoms with E-state index in [2.05, 4.69) is 0 Å². The van der Waals surface area contributed by atoms with Crippen LogP contribution in [0.2, 0.25) is 0 Å². The highest BCUT2D eigenvalue weighted by molar-refractivity contribution is 5.95. The lowest BCUT2D eigenvalue weighted by molar-refractivity contribution is -0.385. The number of ketones is 1. The van der Waals surface area contributed by atoms with E-state index in [0.29, 0.717) is 12.0 Å². The molecule has 0 aliphatic rings. The van der Waals surface area contributed by atoms with E-state index < -0.39 is 4.92 Å². The number of nitriles is 1. The zero-order valence-electron chi connectivity index (χ0n) is 8.98. The van der Waals surface area contributed by atoms with Crippen LogP contribution in [-0.4, -0.2) is 10.7 Å². The molecule has 0 aliphatic carbocycles. The van der Waals surface area contributed by atoms with Gasteiger partial charge < -0.3 is 0 Å². The van der Waals surface area contributed by atoms with Gasteiger partial charge in [-0.2, -0.15) is 5.26 Å². The number of hydrogen-bond acceptors (Lipinski definition) is 4. The van der Waals surface area contributed by atoms with Crippen LogP contribution in [0.3, 0.4) is 0 Å². The SMILES string of the molecule is CCc1cc(C(C)=O)cc([N+](=O)[O-])c1C#N. The van der Waals surface area contributed by atoms with Crippen molar-refractivity contribution in [3.63, 3.8) is 0 Å². The summed E-state index contributed by atoms with van der Waals surface area (Å²) in [7, 11) is 0. The minimum absolute atomic E-state index is 0.0394. The summed E-state index contributed by atoms with van der Waals surface area (Å²) in [6.45, 7) is 3.12. The first kappa shape index (κ1) is 11.9. The summed E-state index contributed by atoms with van der Waals surface area (Å²) in [6.07, 6.45) is 0.477. The molecular formula is C11H10N2O3. The van der Waals surface area contributed by atoms with Gasteiger partial charge in [0, 0.05) is 11.6 Å². The smallest absolute Gasteiger partial charge is 0.288 e. The molecule has 0 spiro atoms. The normalized spacial score (nSPS) is 9.56. The van der Waals surface area contributed by atoms with Crippen LogP contribution in [0, 0.1) is 21.4 Å². The van der Waals surface area contributed by atoms with Gasteiger partial charge in [-0.3, -0.25) is 14.9 Å². The van der Waals surface area contributed by atoms with E-state index in [0.717, 1.165) is 6.07 Å². The predicted molar refractivity (Wildman–Crippen MR) is 57.2 cm³/mol. The maximum atomic E-state index is 11.2. The molecule has 82 valence electrons. The second-order valence-electron chi connectivity index (χ2n) is 3.31. The number of nitro groups is 1. The van der Waals surface area contributed by atoms with Crippen molar-refractivity contribution in [2.45, 2.75) is 20.3 Å². The Hall–Kier alpha value is -2.22. The Kier molecular flexibility index (Phi) is 3.36. The minimum Gasteiger partial charge on any atom is -0.295 e. The summed E-state index contributed by atoms with van der Waals surface area (Å²) in [5.41, 5.74) is 0.536. The average Bonchev–Trinajstić information content (AvgIpc) is 2.26. The lowest BCUT2D eigenvalue weighted by Gasteiger charge is -2.04. The van der Waals surface area contributed by atoms with Crippen molar-refractivity contribution >= 4 is 11.5 Å². The largest absolute Gasteiger partial charge is 0.295 e. The summed E-state index contributed by atoms with van der Waals surface area (Å²) < 4.78 is 0. The lowest BCUT2D eigenvalue weighted by atomic mass is 9.99. The first-order valence-corrected chi connectivity index (χ1v) is 4.73. The van der Waals surface area contributed by atoms with Gasteiger partial charge in [0.2, 0.25) is 0 Å². The molecule has 16 heavy (non-hydrogen) atoms. The molecule has 0 unspecified atom stereocenters. The Morgan fingerprint density at radius 3 is 2.56 bits per heavy atom. The summed E-state index contributed by atoms with van der Waals surface area (Å²) >= 11 is 0. The van der Waals surface area contributed by atoms with Gasteiger partial charge in [-0.25, -0.2) is 0 Å². The molecule has 0 aliphatic heterocycles. The van der Waals surface area contributed by atoms with Crippen molar-refractivity contribution in [2.75, 3.05) is 0 Å². The van der Waals surface area contributed by atoms with E-state index >= 15 is 0 Å². The van der Waals surface area contributed by atoms with E-state index in [-0.39, 0.29) is 22.6 Å².